The third-order valence-corrected chi connectivity index (χ3v) is 3.84. The molecule has 112 valence electrons. The number of Topliss-reactive ketones (excluding diaryl/α,β-unsaturated/α-hetero) is 1. The Bertz CT molecular complexity index is 546. The van der Waals surface area contributed by atoms with Gasteiger partial charge in [-0.05, 0) is 49.4 Å². The zero-order chi connectivity index (χ0) is 15.2. The molecule has 21 heavy (non-hydrogen) atoms. The normalized spacial score (nSPS) is 17.8. The SMILES string of the molecule is CNC(=O)C1=CC(CC(=O)c2ccc(OC)cc2)CCC1. The van der Waals surface area contributed by atoms with Crippen LogP contribution in [-0.4, -0.2) is 25.8 Å². The van der Waals surface area contributed by atoms with Crippen LogP contribution in [0.1, 0.15) is 36.0 Å². The number of carbonyl (C=O) groups is 2. The Kier molecular flexibility index (Phi) is 5.14. The molecule has 0 radical (unpaired) electrons. The van der Waals surface area contributed by atoms with Crippen molar-refractivity contribution in [3.8, 4) is 5.75 Å². The fraction of sp³-hybridized carbons (Fsp3) is 0.412. The lowest BCUT2D eigenvalue weighted by Gasteiger charge is -2.19. The predicted molar refractivity (Wildman–Crippen MR) is 81.4 cm³/mol. The van der Waals surface area contributed by atoms with E-state index >= 15 is 0 Å². The van der Waals surface area contributed by atoms with Crippen molar-refractivity contribution < 1.29 is 14.3 Å². The molecule has 1 unspecified atom stereocenters. The van der Waals surface area contributed by atoms with Crippen LogP contribution in [0.5, 0.6) is 5.75 Å². The van der Waals surface area contributed by atoms with E-state index in [0.29, 0.717) is 12.0 Å². The smallest absolute Gasteiger partial charge is 0.246 e. The summed E-state index contributed by atoms with van der Waals surface area (Å²) < 4.78 is 5.09. The van der Waals surface area contributed by atoms with Crippen LogP contribution < -0.4 is 10.1 Å². The summed E-state index contributed by atoms with van der Waals surface area (Å²) >= 11 is 0. The molecule has 1 aliphatic carbocycles. The van der Waals surface area contributed by atoms with Gasteiger partial charge in [0.15, 0.2) is 5.78 Å². The molecule has 2 rings (SSSR count). The van der Waals surface area contributed by atoms with Crippen LogP contribution in [-0.2, 0) is 4.79 Å². The maximum absolute atomic E-state index is 12.3. The Balaban J connectivity index is 2.03. The first-order chi connectivity index (χ1) is 10.1. The second kappa shape index (κ2) is 7.07. The fourth-order valence-corrected chi connectivity index (χ4v) is 2.65. The highest BCUT2D eigenvalue weighted by Crippen LogP contribution is 2.27. The number of hydrogen-bond donors (Lipinski definition) is 1. The van der Waals surface area contributed by atoms with Crippen LogP contribution in [0.15, 0.2) is 35.9 Å². The Morgan fingerprint density at radius 1 is 1.29 bits per heavy atom. The number of ether oxygens (including phenoxy) is 1. The van der Waals surface area contributed by atoms with Crippen molar-refractivity contribution in [2.45, 2.75) is 25.7 Å². The van der Waals surface area contributed by atoms with Gasteiger partial charge in [0.25, 0.3) is 0 Å². The van der Waals surface area contributed by atoms with Crippen LogP contribution in [0.25, 0.3) is 0 Å². The number of amides is 1. The van der Waals surface area contributed by atoms with Crippen LogP contribution >= 0.6 is 0 Å². The number of methoxy groups -OCH3 is 1. The second-order valence-corrected chi connectivity index (χ2v) is 5.28. The van der Waals surface area contributed by atoms with Crippen LogP contribution in [0.4, 0.5) is 0 Å². The number of rotatable bonds is 5. The molecule has 1 atom stereocenters. The zero-order valence-corrected chi connectivity index (χ0v) is 12.5. The van der Waals surface area contributed by atoms with E-state index in [1.165, 1.54) is 0 Å². The van der Waals surface area contributed by atoms with Crippen molar-refractivity contribution in [2.75, 3.05) is 14.2 Å². The minimum Gasteiger partial charge on any atom is -0.497 e. The van der Waals surface area contributed by atoms with Crippen LogP contribution in [0.2, 0.25) is 0 Å². The van der Waals surface area contributed by atoms with Gasteiger partial charge in [-0.1, -0.05) is 6.08 Å². The van der Waals surface area contributed by atoms with Crippen molar-refractivity contribution >= 4 is 11.7 Å². The molecule has 0 saturated heterocycles. The van der Waals surface area contributed by atoms with E-state index < -0.39 is 0 Å². The lowest BCUT2D eigenvalue weighted by molar-refractivity contribution is -0.117. The quantitative estimate of drug-likeness (QED) is 0.847. The van der Waals surface area contributed by atoms with Gasteiger partial charge in [0.05, 0.1) is 7.11 Å². The Hall–Kier alpha value is -2.10. The van der Waals surface area contributed by atoms with Crippen LogP contribution in [0, 0.1) is 5.92 Å². The summed E-state index contributed by atoms with van der Waals surface area (Å²) in [5, 5.41) is 2.65. The van der Waals surface area contributed by atoms with E-state index in [-0.39, 0.29) is 17.6 Å². The van der Waals surface area contributed by atoms with E-state index in [4.69, 9.17) is 4.74 Å². The molecular weight excluding hydrogens is 266 g/mol. The standard InChI is InChI=1S/C17H21NO3/c1-18-17(20)14-5-3-4-12(10-14)11-16(19)13-6-8-15(21-2)9-7-13/h6-10,12H,3-5,11H2,1-2H3,(H,18,20). The molecule has 0 saturated carbocycles. The van der Waals surface area contributed by atoms with Gasteiger partial charge in [-0.2, -0.15) is 0 Å². The number of benzene rings is 1. The van der Waals surface area contributed by atoms with E-state index in [2.05, 4.69) is 5.32 Å². The first-order valence-electron chi connectivity index (χ1n) is 7.24. The third kappa shape index (κ3) is 3.94. The summed E-state index contributed by atoms with van der Waals surface area (Å²) in [4.78, 5) is 23.9. The van der Waals surface area contributed by atoms with E-state index in [0.717, 1.165) is 30.6 Å². The number of hydrogen-bond acceptors (Lipinski definition) is 3. The lowest BCUT2D eigenvalue weighted by atomic mass is 9.86. The number of ketones is 1. The first kappa shape index (κ1) is 15.3. The van der Waals surface area contributed by atoms with Crippen molar-refractivity contribution in [1.82, 2.24) is 5.32 Å². The molecular formula is C17H21NO3. The van der Waals surface area contributed by atoms with Crippen molar-refractivity contribution in [3.05, 3.63) is 41.5 Å². The molecule has 0 heterocycles. The van der Waals surface area contributed by atoms with Gasteiger partial charge >= 0.3 is 0 Å². The summed E-state index contributed by atoms with van der Waals surface area (Å²) in [6, 6.07) is 7.15. The number of likely N-dealkylation sites (N-methyl/N-ethyl adjacent to an activating group) is 1. The molecule has 1 aliphatic rings. The monoisotopic (exact) mass is 287 g/mol. The van der Waals surface area contributed by atoms with E-state index in [1.54, 1.807) is 38.4 Å². The summed E-state index contributed by atoms with van der Waals surface area (Å²) in [5.41, 5.74) is 1.49. The van der Waals surface area contributed by atoms with Crippen LogP contribution in [0.3, 0.4) is 0 Å². The number of carbonyl (C=O) groups excluding carboxylic acids is 2. The average Bonchev–Trinajstić information content (AvgIpc) is 2.54. The minimum atomic E-state index is -0.0309. The predicted octanol–water partition coefficient (Wildman–Crippen LogP) is 2.74. The van der Waals surface area contributed by atoms with Gasteiger partial charge in [-0.15, -0.1) is 0 Å². The van der Waals surface area contributed by atoms with E-state index in [9.17, 15) is 9.59 Å². The molecule has 4 nitrogen and oxygen atoms in total. The molecule has 1 N–H and O–H groups in total. The third-order valence-electron chi connectivity index (χ3n) is 3.84. The Morgan fingerprint density at radius 2 is 2.00 bits per heavy atom. The van der Waals surface area contributed by atoms with Crippen molar-refractivity contribution in [3.63, 3.8) is 0 Å². The molecule has 4 heteroatoms. The zero-order valence-electron chi connectivity index (χ0n) is 12.5. The average molecular weight is 287 g/mol. The number of allylic oxidation sites excluding steroid dienone is 1. The minimum absolute atomic E-state index is 0.0309. The molecule has 1 aromatic carbocycles. The fourth-order valence-electron chi connectivity index (χ4n) is 2.65. The Labute approximate surface area is 125 Å². The maximum Gasteiger partial charge on any atom is 0.246 e. The molecule has 0 aliphatic heterocycles. The summed E-state index contributed by atoms with van der Waals surface area (Å²) in [6.45, 7) is 0. The first-order valence-corrected chi connectivity index (χ1v) is 7.24. The van der Waals surface area contributed by atoms with Gasteiger partial charge in [-0.25, -0.2) is 0 Å². The second-order valence-electron chi connectivity index (χ2n) is 5.28. The van der Waals surface area contributed by atoms with Gasteiger partial charge in [0.1, 0.15) is 5.75 Å². The molecule has 1 amide bonds. The van der Waals surface area contributed by atoms with Gasteiger partial charge in [0, 0.05) is 24.6 Å². The molecule has 0 fully saturated rings. The largest absolute Gasteiger partial charge is 0.497 e. The lowest BCUT2D eigenvalue weighted by Crippen LogP contribution is -2.23. The topological polar surface area (TPSA) is 55.4 Å². The van der Waals surface area contributed by atoms with Gasteiger partial charge < -0.3 is 10.1 Å². The summed E-state index contributed by atoms with van der Waals surface area (Å²) in [6.07, 6.45) is 5.13. The molecule has 0 bridgehead atoms. The molecule has 0 aromatic heterocycles. The highest BCUT2D eigenvalue weighted by molar-refractivity contribution is 5.97. The molecule has 0 spiro atoms. The van der Waals surface area contributed by atoms with E-state index in [1.807, 2.05) is 6.08 Å². The van der Waals surface area contributed by atoms with Crippen molar-refractivity contribution in [2.24, 2.45) is 5.92 Å². The number of nitrogens with one attached hydrogen (secondary N) is 1. The highest BCUT2D eigenvalue weighted by atomic mass is 16.5. The van der Waals surface area contributed by atoms with Crippen molar-refractivity contribution in [1.29, 1.82) is 0 Å². The molecule has 1 aromatic rings. The highest BCUT2D eigenvalue weighted by Gasteiger charge is 2.20. The maximum atomic E-state index is 12.3. The van der Waals surface area contributed by atoms with Gasteiger partial charge in [0.2, 0.25) is 5.91 Å². The Morgan fingerprint density at radius 3 is 2.62 bits per heavy atom. The summed E-state index contributed by atoms with van der Waals surface area (Å²) in [5.74, 6) is 0.973. The summed E-state index contributed by atoms with van der Waals surface area (Å²) in [7, 11) is 3.24. The van der Waals surface area contributed by atoms with Gasteiger partial charge in [-0.3, -0.25) is 9.59 Å².